The van der Waals surface area contributed by atoms with Crippen LogP contribution in [-0.4, -0.2) is 36.3 Å². The van der Waals surface area contributed by atoms with Crippen molar-refractivity contribution in [1.29, 1.82) is 0 Å². The first-order valence-electron chi connectivity index (χ1n) is 9.80. The first-order valence-corrected chi connectivity index (χ1v) is 10.2. The van der Waals surface area contributed by atoms with Crippen LogP contribution >= 0.6 is 11.6 Å². The van der Waals surface area contributed by atoms with Crippen molar-refractivity contribution in [3.63, 3.8) is 0 Å². The molecular weight excluding hydrogens is 393 g/mol. The normalized spacial score (nSPS) is 15.1. The Morgan fingerprint density at radius 2 is 1.83 bits per heavy atom. The van der Waals surface area contributed by atoms with Crippen LogP contribution in [0.15, 0.2) is 48.5 Å². The standard InChI is InChI=1S/C22H25ClFN3O2/c23-18-6-7-20(19(24)14-18)26-21(28)10-13-27-11-8-17(9-12-27)22(29)25-15-16-4-2-1-3-5-16/h1-7,14,17H,8-13,15H2,(H,25,29)(H,26,28). The predicted molar refractivity (Wildman–Crippen MR) is 112 cm³/mol. The number of hydrogen-bond donors (Lipinski definition) is 2. The molecule has 2 N–H and O–H groups in total. The van der Waals surface area contributed by atoms with E-state index in [1.807, 2.05) is 30.3 Å². The summed E-state index contributed by atoms with van der Waals surface area (Å²) in [7, 11) is 0. The number of piperidine rings is 1. The number of nitrogens with one attached hydrogen (secondary N) is 2. The van der Waals surface area contributed by atoms with E-state index in [0.29, 0.717) is 13.1 Å². The first kappa shape index (κ1) is 21.3. The van der Waals surface area contributed by atoms with E-state index in [4.69, 9.17) is 11.6 Å². The Hall–Kier alpha value is -2.44. The summed E-state index contributed by atoms with van der Waals surface area (Å²) in [4.78, 5) is 26.6. The van der Waals surface area contributed by atoms with E-state index in [-0.39, 0.29) is 34.9 Å². The lowest BCUT2D eigenvalue weighted by atomic mass is 9.95. The highest BCUT2D eigenvalue weighted by molar-refractivity contribution is 6.30. The van der Waals surface area contributed by atoms with E-state index in [9.17, 15) is 14.0 Å². The topological polar surface area (TPSA) is 61.4 Å². The second-order valence-corrected chi connectivity index (χ2v) is 7.68. The van der Waals surface area contributed by atoms with Crippen molar-refractivity contribution in [3.05, 3.63) is 64.9 Å². The zero-order valence-electron chi connectivity index (χ0n) is 16.2. The van der Waals surface area contributed by atoms with Crippen LogP contribution in [0.1, 0.15) is 24.8 Å². The summed E-state index contributed by atoms with van der Waals surface area (Å²) in [5.74, 6) is -0.696. The highest BCUT2D eigenvalue weighted by atomic mass is 35.5. The molecule has 1 aliphatic rings. The molecule has 7 heteroatoms. The molecule has 0 unspecified atom stereocenters. The maximum Gasteiger partial charge on any atom is 0.225 e. The monoisotopic (exact) mass is 417 g/mol. The molecule has 0 aliphatic carbocycles. The Bertz CT molecular complexity index is 839. The summed E-state index contributed by atoms with van der Waals surface area (Å²) in [5.41, 5.74) is 1.22. The lowest BCUT2D eigenvalue weighted by Crippen LogP contribution is -2.41. The Morgan fingerprint density at radius 1 is 1.10 bits per heavy atom. The number of nitrogens with zero attached hydrogens (tertiary/aromatic N) is 1. The molecule has 154 valence electrons. The van der Waals surface area contributed by atoms with Crippen LogP contribution in [0.3, 0.4) is 0 Å². The molecule has 3 rings (SSSR count). The lowest BCUT2D eigenvalue weighted by molar-refractivity contribution is -0.126. The highest BCUT2D eigenvalue weighted by Gasteiger charge is 2.25. The van der Waals surface area contributed by atoms with Gasteiger partial charge in [0.2, 0.25) is 11.8 Å². The van der Waals surface area contributed by atoms with Crippen molar-refractivity contribution in [3.8, 4) is 0 Å². The van der Waals surface area contributed by atoms with Gasteiger partial charge in [0, 0.05) is 30.5 Å². The van der Waals surface area contributed by atoms with Gasteiger partial charge in [-0.15, -0.1) is 0 Å². The van der Waals surface area contributed by atoms with Gasteiger partial charge in [0.25, 0.3) is 0 Å². The molecule has 0 aromatic heterocycles. The molecule has 0 atom stereocenters. The van der Waals surface area contributed by atoms with Gasteiger partial charge in [-0.1, -0.05) is 41.9 Å². The average Bonchev–Trinajstić information content (AvgIpc) is 2.73. The van der Waals surface area contributed by atoms with Crippen molar-refractivity contribution >= 4 is 29.1 Å². The van der Waals surface area contributed by atoms with Gasteiger partial charge in [0.15, 0.2) is 0 Å². The summed E-state index contributed by atoms with van der Waals surface area (Å²) in [6.45, 7) is 2.67. The molecule has 0 spiro atoms. The second-order valence-electron chi connectivity index (χ2n) is 7.24. The molecule has 0 radical (unpaired) electrons. The van der Waals surface area contributed by atoms with E-state index in [1.54, 1.807) is 0 Å². The summed E-state index contributed by atoms with van der Waals surface area (Å²) in [5, 5.41) is 5.86. The number of halogens is 2. The van der Waals surface area contributed by atoms with Gasteiger partial charge in [-0.25, -0.2) is 4.39 Å². The molecule has 1 aliphatic heterocycles. The number of carbonyl (C=O) groups excluding carboxylic acids is 2. The SMILES string of the molecule is O=C(CCN1CCC(C(=O)NCc2ccccc2)CC1)Nc1ccc(Cl)cc1F. The first-order chi connectivity index (χ1) is 14.0. The molecule has 2 amide bonds. The minimum atomic E-state index is -0.548. The molecule has 0 bridgehead atoms. The maximum atomic E-state index is 13.7. The van der Waals surface area contributed by atoms with Gasteiger partial charge in [0.05, 0.1) is 5.69 Å². The number of carbonyl (C=O) groups is 2. The van der Waals surface area contributed by atoms with Crippen LogP contribution in [0.2, 0.25) is 5.02 Å². The third-order valence-corrected chi connectivity index (χ3v) is 5.36. The van der Waals surface area contributed by atoms with Crippen LogP contribution in [0, 0.1) is 11.7 Å². The van der Waals surface area contributed by atoms with E-state index >= 15 is 0 Å². The van der Waals surface area contributed by atoms with E-state index in [0.717, 1.165) is 31.5 Å². The van der Waals surface area contributed by atoms with Crippen LogP contribution in [-0.2, 0) is 16.1 Å². The van der Waals surface area contributed by atoms with Crippen molar-refractivity contribution in [1.82, 2.24) is 10.2 Å². The minimum absolute atomic E-state index is 0.00644. The smallest absolute Gasteiger partial charge is 0.225 e. The Labute approximate surface area is 175 Å². The van der Waals surface area contributed by atoms with Gasteiger partial charge in [-0.3, -0.25) is 9.59 Å². The van der Waals surface area contributed by atoms with E-state index in [2.05, 4.69) is 15.5 Å². The van der Waals surface area contributed by atoms with Crippen LogP contribution in [0.4, 0.5) is 10.1 Å². The molecule has 1 saturated heterocycles. The number of hydrogen-bond acceptors (Lipinski definition) is 3. The summed E-state index contributed by atoms with van der Waals surface area (Å²) >= 11 is 5.71. The molecule has 0 saturated carbocycles. The Balaban J connectivity index is 1.36. The zero-order chi connectivity index (χ0) is 20.6. The van der Waals surface area contributed by atoms with Gasteiger partial charge < -0.3 is 15.5 Å². The fourth-order valence-electron chi connectivity index (χ4n) is 3.41. The Morgan fingerprint density at radius 3 is 2.52 bits per heavy atom. The third-order valence-electron chi connectivity index (χ3n) is 5.13. The number of anilines is 1. The summed E-state index contributed by atoms with van der Waals surface area (Å²) in [6, 6.07) is 14.0. The molecular formula is C22H25ClFN3O2. The van der Waals surface area contributed by atoms with Gasteiger partial charge in [0.1, 0.15) is 5.82 Å². The zero-order valence-corrected chi connectivity index (χ0v) is 16.9. The molecule has 1 heterocycles. The molecule has 1 fully saturated rings. The van der Waals surface area contributed by atoms with Crippen LogP contribution < -0.4 is 10.6 Å². The van der Waals surface area contributed by atoms with Crippen LogP contribution in [0.25, 0.3) is 0 Å². The van der Waals surface area contributed by atoms with Crippen molar-refractivity contribution in [2.45, 2.75) is 25.8 Å². The molecule has 2 aromatic rings. The number of benzene rings is 2. The number of likely N-dealkylation sites (tertiary alicyclic amines) is 1. The fraction of sp³-hybridized carbons (Fsp3) is 0.364. The van der Waals surface area contributed by atoms with E-state index < -0.39 is 5.82 Å². The fourth-order valence-corrected chi connectivity index (χ4v) is 3.57. The lowest BCUT2D eigenvalue weighted by Gasteiger charge is -2.31. The predicted octanol–water partition coefficient (Wildman–Crippen LogP) is 3.84. The molecule has 5 nitrogen and oxygen atoms in total. The summed E-state index contributed by atoms with van der Waals surface area (Å²) < 4.78 is 13.7. The van der Waals surface area contributed by atoms with Crippen molar-refractivity contribution in [2.75, 3.05) is 25.0 Å². The minimum Gasteiger partial charge on any atom is -0.352 e. The van der Waals surface area contributed by atoms with Crippen molar-refractivity contribution in [2.24, 2.45) is 5.92 Å². The van der Waals surface area contributed by atoms with E-state index in [1.165, 1.54) is 18.2 Å². The number of amides is 2. The maximum absolute atomic E-state index is 13.7. The average molecular weight is 418 g/mol. The number of rotatable bonds is 7. The second kappa shape index (κ2) is 10.4. The summed E-state index contributed by atoms with van der Waals surface area (Å²) in [6.07, 6.45) is 1.81. The van der Waals surface area contributed by atoms with Gasteiger partial charge in [-0.05, 0) is 49.7 Å². The molecule has 29 heavy (non-hydrogen) atoms. The quantitative estimate of drug-likeness (QED) is 0.719. The Kier molecular flexibility index (Phi) is 7.61. The largest absolute Gasteiger partial charge is 0.352 e. The molecule has 2 aromatic carbocycles. The van der Waals surface area contributed by atoms with Crippen LogP contribution in [0.5, 0.6) is 0 Å². The third kappa shape index (κ3) is 6.54. The van der Waals surface area contributed by atoms with Gasteiger partial charge >= 0.3 is 0 Å². The van der Waals surface area contributed by atoms with Gasteiger partial charge in [-0.2, -0.15) is 0 Å². The van der Waals surface area contributed by atoms with Crippen molar-refractivity contribution < 1.29 is 14.0 Å². The highest BCUT2D eigenvalue weighted by Crippen LogP contribution is 2.20.